The second kappa shape index (κ2) is 8.46. The maximum absolute atomic E-state index is 12.6. The first kappa shape index (κ1) is 18.9. The first-order valence-electron chi connectivity index (χ1n) is 7.13. The molecule has 1 aromatic carbocycles. The van der Waals surface area contributed by atoms with Gasteiger partial charge in [0.2, 0.25) is 0 Å². The van der Waals surface area contributed by atoms with Gasteiger partial charge in [0.15, 0.2) is 11.5 Å². The van der Waals surface area contributed by atoms with Crippen molar-refractivity contribution in [3.8, 4) is 11.5 Å². The molecule has 0 bridgehead atoms. The van der Waals surface area contributed by atoms with E-state index in [0.717, 1.165) is 19.4 Å². The summed E-state index contributed by atoms with van der Waals surface area (Å²) in [7, 11) is 1.53. The van der Waals surface area contributed by atoms with Crippen LogP contribution in [0.25, 0.3) is 0 Å². The zero-order valence-electron chi connectivity index (χ0n) is 12.8. The highest BCUT2D eigenvalue weighted by molar-refractivity contribution is 6.32. The number of halogens is 2. The molecule has 0 radical (unpaired) electrons. The van der Waals surface area contributed by atoms with Gasteiger partial charge >= 0.3 is 0 Å². The summed E-state index contributed by atoms with van der Waals surface area (Å²) < 4.78 is 10.7. The fraction of sp³-hybridized carbons (Fsp3) is 0.533. The Morgan fingerprint density at radius 2 is 2.23 bits per heavy atom. The third-order valence-corrected chi connectivity index (χ3v) is 3.96. The standard InChI is InChI=1S/C15H21ClN2O3.ClH/c1-3-21-14-12(16)7-10(8-13(14)20-2)15(19)18-6-4-5-11(18)9-17;/h7-8,11H,3-6,9,17H2,1-2H3;1H. The summed E-state index contributed by atoms with van der Waals surface area (Å²) in [4.78, 5) is 14.4. The minimum absolute atomic E-state index is 0. The molecule has 7 heteroatoms. The van der Waals surface area contributed by atoms with E-state index in [1.54, 1.807) is 12.1 Å². The Balaban J connectivity index is 0.00000242. The number of ether oxygens (including phenoxy) is 2. The van der Waals surface area contributed by atoms with Gasteiger partial charge in [0.1, 0.15) is 0 Å². The van der Waals surface area contributed by atoms with Gasteiger partial charge in [-0.25, -0.2) is 0 Å². The number of hydrogen-bond donors (Lipinski definition) is 1. The summed E-state index contributed by atoms with van der Waals surface area (Å²) in [6, 6.07) is 3.41. The monoisotopic (exact) mass is 348 g/mol. The highest BCUT2D eigenvalue weighted by Gasteiger charge is 2.29. The van der Waals surface area contributed by atoms with Crippen molar-refractivity contribution in [1.29, 1.82) is 0 Å². The fourth-order valence-corrected chi connectivity index (χ4v) is 2.91. The molecule has 1 aromatic rings. The lowest BCUT2D eigenvalue weighted by Crippen LogP contribution is -2.39. The Labute approximate surface area is 142 Å². The largest absolute Gasteiger partial charge is 0.493 e. The van der Waals surface area contributed by atoms with E-state index in [9.17, 15) is 4.79 Å². The van der Waals surface area contributed by atoms with Gasteiger partial charge in [-0.2, -0.15) is 0 Å². The van der Waals surface area contributed by atoms with Crippen molar-refractivity contribution in [2.24, 2.45) is 5.73 Å². The topological polar surface area (TPSA) is 64.8 Å². The number of hydrogen-bond acceptors (Lipinski definition) is 4. The van der Waals surface area contributed by atoms with Gasteiger partial charge in [-0.15, -0.1) is 12.4 Å². The minimum atomic E-state index is -0.0637. The van der Waals surface area contributed by atoms with Crippen LogP contribution in [0.3, 0.4) is 0 Å². The second-order valence-electron chi connectivity index (χ2n) is 4.95. The lowest BCUT2D eigenvalue weighted by molar-refractivity contribution is 0.0740. The molecule has 2 N–H and O–H groups in total. The predicted molar refractivity (Wildman–Crippen MR) is 89.5 cm³/mol. The number of likely N-dealkylation sites (tertiary alicyclic amines) is 1. The molecule has 1 heterocycles. The Morgan fingerprint density at radius 1 is 1.50 bits per heavy atom. The molecule has 124 valence electrons. The molecule has 1 aliphatic heterocycles. The predicted octanol–water partition coefficient (Wildman–Crippen LogP) is 2.73. The van der Waals surface area contributed by atoms with Gasteiger partial charge in [0, 0.05) is 24.7 Å². The molecule has 0 aliphatic carbocycles. The second-order valence-corrected chi connectivity index (χ2v) is 5.36. The molecule has 0 spiro atoms. The Hall–Kier alpha value is -1.17. The van der Waals surface area contributed by atoms with Gasteiger partial charge in [-0.1, -0.05) is 11.6 Å². The highest BCUT2D eigenvalue weighted by Crippen LogP contribution is 2.37. The van der Waals surface area contributed by atoms with Crippen LogP contribution in [0.15, 0.2) is 12.1 Å². The van der Waals surface area contributed by atoms with E-state index in [4.69, 9.17) is 26.8 Å². The van der Waals surface area contributed by atoms with Crippen molar-refractivity contribution in [2.45, 2.75) is 25.8 Å². The lowest BCUT2D eigenvalue weighted by Gasteiger charge is -2.24. The highest BCUT2D eigenvalue weighted by atomic mass is 35.5. The Morgan fingerprint density at radius 3 is 2.82 bits per heavy atom. The van der Waals surface area contributed by atoms with E-state index >= 15 is 0 Å². The van der Waals surface area contributed by atoms with Gasteiger partial charge in [0.05, 0.1) is 18.7 Å². The molecule has 2 rings (SSSR count). The van der Waals surface area contributed by atoms with Crippen LogP contribution in [0.4, 0.5) is 0 Å². The number of amides is 1. The van der Waals surface area contributed by atoms with Crippen LogP contribution < -0.4 is 15.2 Å². The van der Waals surface area contributed by atoms with E-state index in [0.29, 0.717) is 35.2 Å². The third-order valence-electron chi connectivity index (χ3n) is 3.68. The van der Waals surface area contributed by atoms with Gasteiger partial charge < -0.3 is 20.1 Å². The average molecular weight is 349 g/mol. The normalized spacial score (nSPS) is 17.1. The summed E-state index contributed by atoms with van der Waals surface area (Å²) in [6.45, 7) is 3.55. The molecule has 1 unspecified atom stereocenters. The van der Waals surface area contributed by atoms with Crippen LogP contribution in [0, 0.1) is 0 Å². The zero-order chi connectivity index (χ0) is 15.4. The Kier molecular flexibility index (Phi) is 7.26. The average Bonchev–Trinajstić information content (AvgIpc) is 2.96. The van der Waals surface area contributed by atoms with Crippen molar-refractivity contribution >= 4 is 29.9 Å². The number of nitrogens with zero attached hydrogens (tertiary/aromatic N) is 1. The summed E-state index contributed by atoms with van der Waals surface area (Å²) in [5.41, 5.74) is 6.23. The van der Waals surface area contributed by atoms with E-state index in [1.807, 2.05) is 11.8 Å². The van der Waals surface area contributed by atoms with Gasteiger partial charge in [0.25, 0.3) is 5.91 Å². The van der Waals surface area contributed by atoms with Crippen molar-refractivity contribution in [3.63, 3.8) is 0 Å². The molecule has 0 saturated carbocycles. The quantitative estimate of drug-likeness (QED) is 0.888. The van der Waals surface area contributed by atoms with Gasteiger partial charge in [-0.05, 0) is 31.9 Å². The lowest BCUT2D eigenvalue weighted by atomic mass is 10.1. The molecular weight excluding hydrogens is 327 g/mol. The van der Waals surface area contributed by atoms with E-state index in [2.05, 4.69) is 0 Å². The fourth-order valence-electron chi connectivity index (χ4n) is 2.64. The molecule has 1 aliphatic rings. The SMILES string of the molecule is CCOc1c(Cl)cc(C(=O)N2CCCC2CN)cc1OC.Cl. The van der Waals surface area contributed by atoms with Crippen LogP contribution in [-0.2, 0) is 0 Å². The third kappa shape index (κ3) is 3.77. The smallest absolute Gasteiger partial charge is 0.254 e. The molecular formula is C15H22Cl2N2O3. The molecule has 5 nitrogen and oxygen atoms in total. The van der Waals surface area contributed by atoms with Crippen molar-refractivity contribution in [1.82, 2.24) is 4.90 Å². The number of nitrogens with two attached hydrogens (primary N) is 1. The molecule has 1 amide bonds. The molecule has 1 saturated heterocycles. The zero-order valence-corrected chi connectivity index (χ0v) is 14.4. The Bertz CT molecular complexity index is 526. The number of methoxy groups -OCH3 is 1. The van der Waals surface area contributed by atoms with Crippen LogP contribution in [-0.4, -0.2) is 43.7 Å². The van der Waals surface area contributed by atoms with Crippen LogP contribution in [0.2, 0.25) is 5.02 Å². The minimum Gasteiger partial charge on any atom is -0.493 e. The van der Waals surface area contributed by atoms with Crippen molar-refractivity contribution in [2.75, 3.05) is 26.8 Å². The summed E-state index contributed by atoms with van der Waals surface area (Å²) in [5.74, 6) is 0.873. The first-order chi connectivity index (χ1) is 10.1. The van der Waals surface area contributed by atoms with E-state index in [1.165, 1.54) is 7.11 Å². The van der Waals surface area contributed by atoms with Crippen LogP contribution in [0.1, 0.15) is 30.1 Å². The maximum Gasteiger partial charge on any atom is 0.254 e. The molecule has 0 aromatic heterocycles. The molecule has 22 heavy (non-hydrogen) atoms. The summed E-state index contributed by atoms with van der Waals surface area (Å²) in [5, 5.41) is 0.378. The number of carbonyl (C=O) groups is 1. The van der Waals surface area contributed by atoms with E-state index < -0.39 is 0 Å². The maximum atomic E-state index is 12.6. The van der Waals surface area contributed by atoms with Crippen LogP contribution in [0.5, 0.6) is 11.5 Å². The van der Waals surface area contributed by atoms with Crippen molar-refractivity contribution in [3.05, 3.63) is 22.7 Å². The van der Waals surface area contributed by atoms with Crippen molar-refractivity contribution < 1.29 is 14.3 Å². The number of carbonyl (C=O) groups excluding carboxylic acids is 1. The number of benzene rings is 1. The molecule has 1 fully saturated rings. The number of rotatable bonds is 5. The summed E-state index contributed by atoms with van der Waals surface area (Å²) >= 11 is 6.21. The van der Waals surface area contributed by atoms with E-state index in [-0.39, 0.29) is 24.4 Å². The van der Waals surface area contributed by atoms with Crippen LogP contribution >= 0.6 is 24.0 Å². The molecule has 1 atom stereocenters. The summed E-state index contributed by atoms with van der Waals surface area (Å²) in [6.07, 6.45) is 1.93. The first-order valence-corrected chi connectivity index (χ1v) is 7.51. The van der Waals surface area contributed by atoms with Gasteiger partial charge in [-0.3, -0.25) is 4.79 Å².